The number of carbonyl (C=O) groups is 1. The molecule has 0 heterocycles. The van der Waals surface area contributed by atoms with E-state index in [1.807, 2.05) is 40.7 Å². The number of benzene rings is 1. The van der Waals surface area contributed by atoms with Gasteiger partial charge in [0.05, 0.1) is 4.90 Å². The first kappa shape index (κ1) is 17.7. The molecule has 0 atom stereocenters. The van der Waals surface area contributed by atoms with E-state index in [1.54, 1.807) is 24.0 Å². The van der Waals surface area contributed by atoms with Crippen molar-refractivity contribution in [2.75, 3.05) is 5.75 Å². The average Bonchev–Trinajstić information content (AvgIpc) is 2.25. The SMILES string of the molecule is Cc1ccc(S(=O)(=O)CC(=O)N(C(C)C)C(C)C)c(C)c1. The smallest absolute Gasteiger partial charge is 0.238 e. The summed E-state index contributed by atoms with van der Waals surface area (Å²) in [5.74, 6) is -0.826. The van der Waals surface area contributed by atoms with E-state index in [4.69, 9.17) is 0 Å². The molecule has 0 bridgehead atoms. The van der Waals surface area contributed by atoms with Gasteiger partial charge in [-0.2, -0.15) is 0 Å². The fraction of sp³-hybridized carbons (Fsp3) is 0.562. The van der Waals surface area contributed by atoms with Gasteiger partial charge in [-0.3, -0.25) is 4.79 Å². The number of hydrogen-bond donors (Lipinski definition) is 0. The van der Waals surface area contributed by atoms with Crippen LogP contribution >= 0.6 is 0 Å². The zero-order valence-corrected chi connectivity index (χ0v) is 14.5. The van der Waals surface area contributed by atoms with Crippen LogP contribution in [-0.4, -0.2) is 37.1 Å². The molecule has 0 N–H and O–H groups in total. The van der Waals surface area contributed by atoms with Gasteiger partial charge in [-0.1, -0.05) is 17.7 Å². The third-order valence-electron chi connectivity index (χ3n) is 3.38. The molecule has 4 nitrogen and oxygen atoms in total. The molecule has 0 saturated carbocycles. The third-order valence-corrected chi connectivity index (χ3v) is 5.13. The van der Waals surface area contributed by atoms with Gasteiger partial charge in [-0.25, -0.2) is 8.42 Å². The minimum Gasteiger partial charge on any atom is -0.337 e. The predicted octanol–water partition coefficient (Wildman–Crippen LogP) is 2.72. The Balaban J connectivity index is 3.07. The minimum atomic E-state index is -3.61. The van der Waals surface area contributed by atoms with Gasteiger partial charge >= 0.3 is 0 Å². The van der Waals surface area contributed by atoms with E-state index in [9.17, 15) is 13.2 Å². The number of rotatable bonds is 5. The van der Waals surface area contributed by atoms with Crippen LogP contribution in [0.4, 0.5) is 0 Å². The molecule has 0 aliphatic rings. The van der Waals surface area contributed by atoms with E-state index in [1.165, 1.54) is 0 Å². The number of nitrogens with zero attached hydrogens (tertiary/aromatic N) is 1. The lowest BCUT2D eigenvalue weighted by atomic mass is 10.2. The number of amides is 1. The second-order valence-electron chi connectivity index (χ2n) is 6.02. The molecule has 0 spiro atoms. The van der Waals surface area contributed by atoms with Gasteiger partial charge in [-0.15, -0.1) is 0 Å². The van der Waals surface area contributed by atoms with Crippen LogP contribution in [0.25, 0.3) is 0 Å². The summed E-state index contributed by atoms with van der Waals surface area (Å²) in [5, 5.41) is 0. The van der Waals surface area contributed by atoms with Crippen molar-refractivity contribution in [3.63, 3.8) is 0 Å². The number of sulfone groups is 1. The highest BCUT2D eigenvalue weighted by molar-refractivity contribution is 7.92. The summed E-state index contributed by atoms with van der Waals surface area (Å²) in [6, 6.07) is 5.12. The zero-order valence-electron chi connectivity index (χ0n) is 13.7. The first-order valence-electron chi connectivity index (χ1n) is 7.17. The maximum absolute atomic E-state index is 12.5. The van der Waals surface area contributed by atoms with Crippen LogP contribution in [0.5, 0.6) is 0 Å². The van der Waals surface area contributed by atoms with E-state index in [-0.39, 0.29) is 22.9 Å². The monoisotopic (exact) mass is 311 g/mol. The number of carbonyl (C=O) groups excluding carboxylic acids is 1. The topological polar surface area (TPSA) is 54.5 Å². The van der Waals surface area contributed by atoms with Crippen molar-refractivity contribution in [3.05, 3.63) is 29.3 Å². The Kier molecular flexibility index (Phi) is 5.56. The molecule has 1 aromatic carbocycles. The summed E-state index contributed by atoms with van der Waals surface area (Å²) < 4.78 is 25.0. The van der Waals surface area contributed by atoms with E-state index in [0.717, 1.165) is 5.56 Å². The van der Waals surface area contributed by atoms with E-state index < -0.39 is 15.6 Å². The molecular formula is C16H25NO3S. The Morgan fingerprint density at radius 3 is 2.05 bits per heavy atom. The standard InChI is InChI=1S/C16H25NO3S/c1-11(2)17(12(3)4)16(18)10-21(19,20)15-8-7-13(5)9-14(15)6/h7-9,11-12H,10H2,1-6H3. The highest BCUT2D eigenvalue weighted by Gasteiger charge is 2.27. The number of aryl methyl sites for hydroxylation is 2. The molecule has 1 rings (SSSR count). The molecule has 1 aromatic rings. The molecule has 0 aliphatic carbocycles. The van der Waals surface area contributed by atoms with Crippen LogP contribution in [0.3, 0.4) is 0 Å². The lowest BCUT2D eigenvalue weighted by Gasteiger charge is -2.30. The Labute approximate surface area is 128 Å². The molecule has 5 heteroatoms. The summed E-state index contributed by atoms with van der Waals surface area (Å²) >= 11 is 0. The van der Waals surface area contributed by atoms with Crippen molar-refractivity contribution in [2.45, 2.75) is 58.5 Å². The van der Waals surface area contributed by atoms with E-state index in [2.05, 4.69) is 0 Å². The van der Waals surface area contributed by atoms with Gasteiger partial charge in [0.25, 0.3) is 0 Å². The molecular weight excluding hydrogens is 286 g/mol. The molecule has 21 heavy (non-hydrogen) atoms. The Bertz CT molecular complexity index is 610. The lowest BCUT2D eigenvalue weighted by Crippen LogP contribution is -2.44. The molecule has 0 saturated heterocycles. The third kappa shape index (κ3) is 4.30. The van der Waals surface area contributed by atoms with Gasteiger partial charge in [0.1, 0.15) is 5.75 Å². The van der Waals surface area contributed by atoms with Crippen molar-refractivity contribution in [1.82, 2.24) is 4.90 Å². The van der Waals surface area contributed by atoms with Crippen molar-refractivity contribution in [3.8, 4) is 0 Å². The molecule has 0 radical (unpaired) electrons. The van der Waals surface area contributed by atoms with Gasteiger partial charge in [-0.05, 0) is 53.2 Å². The fourth-order valence-electron chi connectivity index (χ4n) is 2.64. The van der Waals surface area contributed by atoms with Gasteiger partial charge in [0.15, 0.2) is 9.84 Å². The summed E-state index contributed by atoms with van der Waals surface area (Å²) in [6.07, 6.45) is 0. The molecule has 1 amide bonds. The Morgan fingerprint density at radius 1 is 1.10 bits per heavy atom. The summed E-state index contributed by atoms with van der Waals surface area (Å²) in [6.45, 7) is 11.2. The van der Waals surface area contributed by atoms with Crippen LogP contribution in [-0.2, 0) is 14.6 Å². The zero-order chi connectivity index (χ0) is 16.4. The predicted molar refractivity (Wildman–Crippen MR) is 85.1 cm³/mol. The maximum Gasteiger partial charge on any atom is 0.238 e. The largest absolute Gasteiger partial charge is 0.337 e. The summed E-state index contributed by atoms with van der Waals surface area (Å²) in [7, 11) is -3.61. The normalized spacial score (nSPS) is 12.0. The van der Waals surface area contributed by atoms with Crippen molar-refractivity contribution >= 4 is 15.7 Å². The van der Waals surface area contributed by atoms with Crippen LogP contribution in [0.2, 0.25) is 0 Å². The second-order valence-corrected chi connectivity index (χ2v) is 7.97. The quantitative estimate of drug-likeness (QED) is 0.840. The molecule has 0 fully saturated rings. The highest BCUT2D eigenvalue weighted by atomic mass is 32.2. The van der Waals surface area contributed by atoms with Crippen molar-refractivity contribution < 1.29 is 13.2 Å². The molecule has 118 valence electrons. The van der Waals surface area contributed by atoms with Crippen LogP contribution in [0, 0.1) is 13.8 Å². The van der Waals surface area contributed by atoms with Crippen LogP contribution in [0.1, 0.15) is 38.8 Å². The van der Waals surface area contributed by atoms with Crippen LogP contribution in [0.15, 0.2) is 23.1 Å². The Hall–Kier alpha value is -1.36. The van der Waals surface area contributed by atoms with Crippen LogP contribution < -0.4 is 0 Å². The number of hydrogen-bond acceptors (Lipinski definition) is 3. The van der Waals surface area contributed by atoms with Gasteiger partial charge < -0.3 is 4.90 Å². The summed E-state index contributed by atoms with van der Waals surface area (Å²) in [5.41, 5.74) is 1.69. The molecule has 0 unspecified atom stereocenters. The van der Waals surface area contributed by atoms with Crippen molar-refractivity contribution in [2.24, 2.45) is 0 Å². The van der Waals surface area contributed by atoms with Crippen molar-refractivity contribution in [1.29, 1.82) is 0 Å². The Morgan fingerprint density at radius 2 is 1.62 bits per heavy atom. The van der Waals surface area contributed by atoms with E-state index >= 15 is 0 Å². The average molecular weight is 311 g/mol. The summed E-state index contributed by atoms with van der Waals surface area (Å²) in [4.78, 5) is 14.2. The van der Waals surface area contributed by atoms with Gasteiger partial charge in [0, 0.05) is 12.1 Å². The van der Waals surface area contributed by atoms with E-state index in [0.29, 0.717) is 5.56 Å². The lowest BCUT2D eigenvalue weighted by molar-refractivity contribution is -0.131. The second kappa shape index (κ2) is 6.60. The molecule has 0 aliphatic heterocycles. The maximum atomic E-state index is 12.5. The van der Waals surface area contributed by atoms with Gasteiger partial charge in [0.2, 0.25) is 5.91 Å². The first-order chi connectivity index (χ1) is 9.56. The highest BCUT2D eigenvalue weighted by Crippen LogP contribution is 2.19. The molecule has 0 aromatic heterocycles. The minimum absolute atomic E-state index is 0.0215. The fourth-order valence-corrected chi connectivity index (χ4v) is 4.09. The first-order valence-corrected chi connectivity index (χ1v) is 8.82.